The highest BCUT2D eigenvalue weighted by molar-refractivity contribution is 6.03. The molecule has 1 unspecified atom stereocenters. The summed E-state index contributed by atoms with van der Waals surface area (Å²) >= 11 is 0. The Bertz CT molecular complexity index is 1100. The normalized spacial score (nSPS) is 31.5. The zero-order valence-corrected chi connectivity index (χ0v) is 20.9. The van der Waals surface area contributed by atoms with Crippen molar-refractivity contribution in [3.8, 4) is 5.75 Å². The van der Waals surface area contributed by atoms with Gasteiger partial charge in [0.15, 0.2) is 0 Å². The van der Waals surface area contributed by atoms with Gasteiger partial charge in [0.1, 0.15) is 17.4 Å². The lowest BCUT2D eigenvalue weighted by Gasteiger charge is -2.36. The van der Waals surface area contributed by atoms with E-state index in [0.29, 0.717) is 31.1 Å². The number of fused-ring (bicyclic) bond motifs is 2. The highest BCUT2D eigenvalue weighted by atomic mass is 16.5. The summed E-state index contributed by atoms with van der Waals surface area (Å²) in [7, 11) is 0. The lowest BCUT2D eigenvalue weighted by atomic mass is 9.77. The average molecular weight is 496 g/mol. The molecule has 4 aliphatic heterocycles. The molecule has 2 saturated heterocycles. The second kappa shape index (κ2) is 9.37. The van der Waals surface area contributed by atoms with Gasteiger partial charge >= 0.3 is 0 Å². The van der Waals surface area contributed by atoms with Gasteiger partial charge in [-0.2, -0.15) is 0 Å². The van der Waals surface area contributed by atoms with Crippen molar-refractivity contribution >= 4 is 23.4 Å². The third-order valence-electron chi connectivity index (χ3n) is 7.61. The topological polar surface area (TPSA) is 99.6 Å². The van der Waals surface area contributed by atoms with Crippen molar-refractivity contribution < 1.29 is 29.0 Å². The summed E-state index contributed by atoms with van der Waals surface area (Å²) in [6, 6.07) is 6.28. The summed E-state index contributed by atoms with van der Waals surface area (Å²) < 4.78 is 12.1. The van der Waals surface area contributed by atoms with Gasteiger partial charge in [-0.25, -0.2) is 0 Å². The molecule has 3 amide bonds. The quantitative estimate of drug-likeness (QED) is 0.599. The van der Waals surface area contributed by atoms with E-state index >= 15 is 0 Å². The third kappa shape index (κ3) is 3.64. The highest BCUT2D eigenvalue weighted by Crippen LogP contribution is 2.53. The second-order valence-corrected chi connectivity index (χ2v) is 9.89. The van der Waals surface area contributed by atoms with Crippen LogP contribution in [0.15, 0.2) is 48.6 Å². The summed E-state index contributed by atoms with van der Waals surface area (Å²) in [6.07, 6.45) is 6.76. The van der Waals surface area contributed by atoms with Crippen molar-refractivity contribution in [1.82, 2.24) is 9.80 Å². The summed E-state index contributed by atoms with van der Waals surface area (Å²) in [5.41, 5.74) is -0.577. The van der Waals surface area contributed by atoms with Crippen LogP contribution in [0.4, 0.5) is 5.69 Å². The van der Waals surface area contributed by atoms with E-state index < -0.39 is 29.6 Å². The Hall–Kier alpha value is -3.17. The SMILES string of the molecule is CCOc1ccc(N2CC=C[C@H]3O[C@]45C=CCN(C(C)C)C(=O)C4N(CCO)C(=O)[C@@H]5[C@H]3C2=O)cc1. The van der Waals surface area contributed by atoms with Gasteiger partial charge in [0.2, 0.25) is 17.7 Å². The maximum absolute atomic E-state index is 14.0. The van der Waals surface area contributed by atoms with Crippen LogP contribution in [0.25, 0.3) is 0 Å². The summed E-state index contributed by atoms with van der Waals surface area (Å²) in [6.45, 7) is 6.75. The van der Waals surface area contributed by atoms with E-state index in [1.54, 1.807) is 9.80 Å². The van der Waals surface area contributed by atoms with Gasteiger partial charge in [0.25, 0.3) is 0 Å². The van der Waals surface area contributed by atoms with Crippen LogP contribution in [0.1, 0.15) is 20.8 Å². The van der Waals surface area contributed by atoms with Crippen LogP contribution in [0.3, 0.4) is 0 Å². The van der Waals surface area contributed by atoms with Gasteiger partial charge in [-0.3, -0.25) is 14.4 Å². The number of aliphatic hydroxyl groups excluding tert-OH is 1. The van der Waals surface area contributed by atoms with E-state index in [1.807, 2.05) is 69.3 Å². The fraction of sp³-hybridized carbons (Fsp3) is 0.519. The Morgan fingerprint density at radius 2 is 1.83 bits per heavy atom. The number of carbonyl (C=O) groups excluding carboxylic acids is 3. The molecule has 0 bridgehead atoms. The van der Waals surface area contributed by atoms with Gasteiger partial charge in [0, 0.05) is 31.4 Å². The summed E-state index contributed by atoms with van der Waals surface area (Å²) in [5.74, 6) is -1.73. The molecule has 0 saturated carbocycles. The number of likely N-dealkylation sites (tertiary alicyclic amines) is 1. The number of anilines is 1. The molecule has 4 heterocycles. The fourth-order valence-corrected chi connectivity index (χ4v) is 6.09. The summed E-state index contributed by atoms with van der Waals surface area (Å²) in [4.78, 5) is 46.4. The van der Waals surface area contributed by atoms with Crippen LogP contribution in [-0.2, 0) is 19.1 Å². The maximum Gasteiger partial charge on any atom is 0.249 e. The third-order valence-corrected chi connectivity index (χ3v) is 7.61. The lowest BCUT2D eigenvalue weighted by molar-refractivity contribution is -0.148. The largest absolute Gasteiger partial charge is 0.494 e. The van der Waals surface area contributed by atoms with Crippen molar-refractivity contribution in [2.24, 2.45) is 11.8 Å². The minimum Gasteiger partial charge on any atom is -0.494 e. The zero-order chi connectivity index (χ0) is 25.6. The first-order chi connectivity index (χ1) is 17.3. The van der Waals surface area contributed by atoms with E-state index in [0.717, 1.165) is 0 Å². The predicted molar refractivity (Wildman–Crippen MR) is 132 cm³/mol. The molecular formula is C27H33N3O6. The van der Waals surface area contributed by atoms with Crippen LogP contribution >= 0.6 is 0 Å². The van der Waals surface area contributed by atoms with Gasteiger partial charge < -0.3 is 29.3 Å². The van der Waals surface area contributed by atoms with E-state index in [1.165, 1.54) is 4.90 Å². The van der Waals surface area contributed by atoms with Crippen molar-refractivity contribution in [2.75, 3.05) is 37.7 Å². The van der Waals surface area contributed by atoms with Gasteiger partial charge in [0.05, 0.1) is 31.2 Å². The Morgan fingerprint density at radius 3 is 2.50 bits per heavy atom. The highest BCUT2D eigenvalue weighted by Gasteiger charge is 2.71. The number of carbonyl (C=O) groups is 3. The Kier molecular flexibility index (Phi) is 6.38. The standard InChI is InChI=1S/C27H33N3O6/c1-4-35-19-10-8-18(9-11-19)29-13-5-7-20-21(24(29)32)22-25(33)30(15-16-31)23-26(34)28(17(2)3)14-6-12-27(22,23)36-20/h5-12,17,20-23,31H,4,13-16H2,1-3H3/t20-,21+,22+,23?,27+/m1/s1. The molecule has 1 aromatic rings. The monoisotopic (exact) mass is 495 g/mol. The molecule has 1 spiro atoms. The lowest BCUT2D eigenvalue weighted by Crippen LogP contribution is -2.56. The van der Waals surface area contributed by atoms with E-state index in [-0.39, 0.29) is 36.9 Å². The molecule has 36 heavy (non-hydrogen) atoms. The number of β-amino-alcohol motifs (C(OH)–C–C–N with tert-alkyl or cyclic N) is 1. The minimum atomic E-state index is -1.27. The number of nitrogens with zero attached hydrogens (tertiary/aromatic N) is 3. The van der Waals surface area contributed by atoms with Crippen LogP contribution < -0.4 is 9.64 Å². The average Bonchev–Trinajstić information content (AvgIpc) is 3.15. The first kappa shape index (κ1) is 24.5. The van der Waals surface area contributed by atoms with Crippen molar-refractivity contribution in [3.05, 3.63) is 48.6 Å². The molecule has 4 aliphatic rings. The molecule has 1 N–H and O–H groups in total. The number of hydrogen-bond acceptors (Lipinski definition) is 6. The zero-order valence-electron chi connectivity index (χ0n) is 20.9. The molecule has 1 aromatic carbocycles. The molecule has 0 aromatic heterocycles. The van der Waals surface area contributed by atoms with Crippen LogP contribution in [0.5, 0.6) is 5.75 Å². The van der Waals surface area contributed by atoms with E-state index in [4.69, 9.17) is 9.47 Å². The predicted octanol–water partition coefficient (Wildman–Crippen LogP) is 1.37. The number of benzene rings is 1. The van der Waals surface area contributed by atoms with Crippen molar-refractivity contribution in [3.63, 3.8) is 0 Å². The Labute approximate surface area is 210 Å². The smallest absolute Gasteiger partial charge is 0.249 e. The Morgan fingerprint density at radius 1 is 1.08 bits per heavy atom. The molecule has 2 fully saturated rings. The maximum atomic E-state index is 14.0. The van der Waals surface area contributed by atoms with E-state index in [2.05, 4.69) is 0 Å². The number of amides is 3. The van der Waals surface area contributed by atoms with Gasteiger partial charge in [-0.15, -0.1) is 0 Å². The molecule has 192 valence electrons. The molecule has 9 nitrogen and oxygen atoms in total. The number of hydrogen-bond donors (Lipinski definition) is 1. The minimum absolute atomic E-state index is 0.000642. The number of rotatable bonds is 6. The summed E-state index contributed by atoms with van der Waals surface area (Å²) in [5, 5.41) is 9.73. The molecule has 0 aliphatic carbocycles. The molecule has 5 atom stereocenters. The molecule has 0 radical (unpaired) electrons. The number of aliphatic hydroxyl groups is 1. The molecule has 9 heteroatoms. The van der Waals surface area contributed by atoms with Crippen molar-refractivity contribution in [2.45, 2.75) is 44.6 Å². The van der Waals surface area contributed by atoms with Crippen LogP contribution in [-0.4, -0.2) is 89.3 Å². The van der Waals surface area contributed by atoms with Crippen molar-refractivity contribution in [1.29, 1.82) is 0 Å². The Balaban J connectivity index is 1.55. The van der Waals surface area contributed by atoms with Crippen LogP contribution in [0, 0.1) is 11.8 Å². The molecule has 5 rings (SSSR count). The van der Waals surface area contributed by atoms with Crippen LogP contribution in [0.2, 0.25) is 0 Å². The fourth-order valence-electron chi connectivity index (χ4n) is 6.09. The van der Waals surface area contributed by atoms with E-state index in [9.17, 15) is 19.5 Å². The molecular weight excluding hydrogens is 462 g/mol. The first-order valence-electron chi connectivity index (χ1n) is 12.6. The number of ether oxygens (including phenoxy) is 2. The second-order valence-electron chi connectivity index (χ2n) is 9.89. The van der Waals surface area contributed by atoms with Gasteiger partial charge in [-0.05, 0) is 45.0 Å². The first-order valence-corrected chi connectivity index (χ1v) is 12.6. The van der Waals surface area contributed by atoms with Gasteiger partial charge in [-0.1, -0.05) is 24.3 Å².